The summed E-state index contributed by atoms with van der Waals surface area (Å²) < 4.78 is 6.39. The zero-order chi connectivity index (χ0) is 15.7. The molecule has 0 bridgehead atoms. The molecule has 4 rings (SSSR count). The van der Waals surface area contributed by atoms with Crippen molar-refractivity contribution in [2.45, 2.75) is 50.9 Å². The van der Waals surface area contributed by atoms with E-state index in [9.17, 15) is 0 Å². The Morgan fingerprint density at radius 1 is 1.27 bits per heavy atom. The van der Waals surface area contributed by atoms with Crippen LogP contribution in [0.3, 0.4) is 0 Å². The van der Waals surface area contributed by atoms with Crippen LogP contribution < -0.4 is 4.74 Å². The average Bonchev–Trinajstić information content (AvgIpc) is 2.66. The molecule has 1 saturated heterocycles. The van der Waals surface area contributed by atoms with Crippen molar-refractivity contribution in [1.82, 2.24) is 5.06 Å². The van der Waals surface area contributed by atoms with Crippen molar-refractivity contribution in [3.63, 3.8) is 0 Å². The number of ether oxygens (including phenoxy) is 1. The lowest BCUT2D eigenvalue weighted by atomic mass is 9.67. The van der Waals surface area contributed by atoms with Gasteiger partial charge in [-0.25, -0.2) is 0 Å². The van der Waals surface area contributed by atoms with Gasteiger partial charge in [-0.2, -0.15) is 5.06 Å². The summed E-state index contributed by atoms with van der Waals surface area (Å²) in [5, 5.41) is 2.76. The SMILES string of the molecule is CN1OC(C)(C)[C@H]2CC[C@]3(C)Oc4ccc(Cl)cc4C=C3[C@@H]21. The van der Waals surface area contributed by atoms with Gasteiger partial charge in [0.2, 0.25) is 0 Å². The van der Waals surface area contributed by atoms with Gasteiger partial charge in [-0.15, -0.1) is 0 Å². The maximum absolute atomic E-state index is 6.39. The molecule has 2 heterocycles. The third-order valence-electron chi connectivity index (χ3n) is 5.52. The lowest BCUT2D eigenvalue weighted by molar-refractivity contribution is -0.175. The van der Waals surface area contributed by atoms with E-state index in [1.807, 2.05) is 30.3 Å². The summed E-state index contributed by atoms with van der Waals surface area (Å²) in [5.74, 6) is 1.41. The minimum absolute atomic E-state index is 0.129. The first-order valence-corrected chi connectivity index (χ1v) is 8.31. The number of hydrogen-bond donors (Lipinski definition) is 0. The average molecular weight is 320 g/mol. The normalized spacial score (nSPS) is 36.0. The molecular formula is C18H22ClNO2. The lowest BCUT2D eigenvalue weighted by Gasteiger charge is -2.46. The van der Waals surface area contributed by atoms with Gasteiger partial charge >= 0.3 is 0 Å². The summed E-state index contributed by atoms with van der Waals surface area (Å²) in [6.45, 7) is 6.57. The van der Waals surface area contributed by atoms with Crippen molar-refractivity contribution in [3.8, 4) is 5.75 Å². The Balaban J connectivity index is 1.84. The third-order valence-corrected chi connectivity index (χ3v) is 5.76. The Labute approximate surface area is 136 Å². The number of likely N-dealkylation sites (N-methyl/N-ethyl adjacent to an activating group) is 1. The topological polar surface area (TPSA) is 21.7 Å². The predicted octanol–water partition coefficient (Wildman–Crippen LogP) is 4.31. The smallest absolute Gasteiger partial charge is 0.129 e. The van der Waals surface area contributed by atoms with Gasteiger partial charge in [0, 0.05) is 23.6 Å². The van der Waals surface area contributed by atoms with Crippen LogP contribution in [-0.2, 0) is 4.84 Å². The van der Waals surface area contributed by atoms with Crippen molar-refractivity contribution in [2.24, 2.45) is 5.92 Å². The van der Waals surface area contributed by atoms with Crippen LogP contribution in [0.1, 0.15) is 39.2 Å². The van der Waals surface area contributed by atoms with Crippen LogP contribution in [0.2, 0.25) is 5.02 Å². The summed E-state index contributed by atoms with van der Waals surface area (Å²) >= 11 is 6.15. The van der Waals surface area contributed by atoms with E-state index in [0.29, 0.717) is 5.92 Å². The van der Waals surface area contributed by atoms with Crippen LogP contribution in [0, 0.1) is 5.92 Å². The highest BCUT2D eigenvalue weighted by Gasteiger charge is 2.56. The number of halogens is 1. The molecule has 4 heteroatoms. The molecular weight excluding hydrogens is 298 g/mol. The number of hydrogen-bond acceptors (Lipinski definition) is 3. The van der Waals surface area contributed by atoms with Gasteiger partial charge in [-0.05, 0) is 63.5 Å². The Hall–Kier alpha value is -1.03. The molecule has 118 valence electrons. The van der Waals surface area contributed by atoms with E-state index in [1.54, 1.807) is 0 Å². The molecule has 3 aliphatic rings. The van der Waals surface area contributed by atoms with E-state index < -0.39 is 0 Å². The second-order valence-corrected chi connectivity index (χ2v) is 7.88. The Morgan fingerprint density at radius 3 is 2.82 bits per heavy atom. The van der Waals surface area contributed by atoms with Crippen molar-refractivity contribution in [2.75, 3.05) is 7.05 Å². The maximum Gasteiger partial charge on any atom is 0.129 e. The van der Waals surface area contributed by atoms with Gasteiger partial charge < -0.3 is 4.74 Å². The van der Waals surface area contributed by atoms with Crippen molar-refractivity contribution in [3.05, 3.63) is 34.4 Å². The number of hydroxylamine groups is 2. The number of rotatable bonds is 0. The molecule has 0 unspecified atom stereocenters. The summed E-state index contributed by atoms with van der Waals surface area (Å²) in [7, 11) is 2.03. The first kappa shape index (κ1) is 14.6. The van der Waals surface area contributed by atoms with Crippen molar-refractivity contribution in [1.29, 1.82) is 0 Å². The predicted molar refractivity (Wildman–Crippen MR) is 87.9 cm³/mol. The van der Waals surface area contributed by atoms with Crippen molar-refractivity contribution < 1.29 is 9.57 Å². The summed E-state index contributed by atoms with van der Waals surface area (Å²) in [4.78, 5) is 6.11. The maximum atomic E-state index is 6.39. The van der Waals surface area contributed by atoms with E-state index in [0.717, 1.165) is 29.2 Å². The second-order valence-electron chi connectivity index (χ2n) is 7.45. The Kier molecular flexibility index (Phi) is 2.98. The van der Waals surface area contributed by atoms with Gasteiger partial charge in [0.25, 0.3) is 0 Å². The van der Waals surface area contributed by atoms with Crippen LogP contribution in [0.5, 0.6) is 5.75 Å². The first-order chi connectivity index (χ1) is 10.3. The van der Waals surface area contributed by atoms with Gasteiger partial charge in [0.15, 0.2) is 0 Å². The number of nitrogens with zero attached hydrogens (tertiary/aromatic N) is 1. The summed E-state index contributed by atoms with van der Waals surface area (Å²) in [5.41, 5.74) is 2.00. The van der Waals surface area contributed by atoms with E-state index in [2.05, 4.69) is 26.8 Å². The largest absolute Gasteiger partial charge is 0.483 e. The van der Waals surface area contributed by atoms with Crippen LogP contribution in [-0.4, -0.2) is 29.4 Å². The fourth-order valence-corrected chi connectivity index (χ4v) is 4.60. The molecule has 3 atom stereocenters. The molecule has 1 aliphatic carbocycles. The fourth-order valence-electron chi connectivity index (χ4n) is 4.42. The zero-order valence-corrected chi connectivity index (χ0v) is 14.3. The lowest BCUT2D eigenvalue weighted by Crippen LogP contribution is -2.51. The standard InChI is InChI=1S/C18H22ClNO2/c1-17(2)13-7-8-18(3)14(16(13)20(4)22-17)10-11-9-12(19)5-6-15(11)21-18/h5-6,9-10,13,16H,7-8H2,1-4H3/t13-,16+,18-/m0/s1. The van der Waals surface area contributed by atoms with Gasteiger partial charge in [-0.3, -0.25) is 4.84 Å². The Bertz CT molecular complexity index is 669. The van der Waals surface area contributed by atoms with E-state index in [1.165, 1.54) is 5.57 Å². The molecule has 22 heavy (non-hydrogen) atoms. The molecule has 1 aromatic rings. The summed E-state index contributed by atoms with van der Waals surface area (Å²) in [6, 6.07) is 6.11. The molecule has 0 spiro atoms. The molecule has 0 aromatic heterocycles. The van der Waals surface area contributed by atoms with Crippen molar-refractivity contribution >= 4 is 17.7 Å². The highest BCUT2D eigenvalue weighted by molar-refractivity contribution is 6.30. The molecule has 0 radical (unpaired) electrons. The molecule has 1 saturated carbocycles. The third kappa shape index (κ3) is 1.96. The molecule has 1 aromatic carbocycles. The van der Waals surface area contributed by atoms with E-state index in [-0.39, 0.29) is 17.2 Å². The van der Waals surface area contributed by atoms with Crippen LogP contribution in [0.15, 0.2) is 23.8 Å². The number of benzene rings is 1. The zero-order valence-electron chi connectivity index (χ0n) is 13.5. The van der Waals surface area contributed by atoms with E-state index in [4.69, 9.17) is 21.2 Å². The van der Waals surface area contributed by atoms with Crippen LogP contribution in [0.4, 0.5) is 0 Å². The molecule has 0 N–H and O–H groups in total. The minimum atomic E-state index is -0.250. The first-order valence-electron chi connectivity index (χ1n) is 7.93. The molecule has 2 fully saturated rings. The quantitative estimate of drug-likeness (QED) is 0.711. The van der Waals surface area contributed by atoms with Gasteiger partial charge in [0.05, 0.1) is 11.6 Å². The van der Waals surface area contributed by atoms with Crippen LogP contribution >= 0.6 is 11.6 Å². The molecule has 3 nitrogen and oxygen atoms in total. The molecule has 2 aliphatic heterocycles. The second kappa shape index (κ2) is 4.50. The van der Waals surface area contributed by atoms with Crippen LogP contribution in [0.25, 0.3) is 6.08 Å². The monoisotopic (exact) mass is 319 g/mol. The molecule has 0 amide bonds. The number of fused-ring (bicyclic) bond motifs is 4. The minimum Gasteiger partial charge on any atom is -0.483 e. The summed E-state index contributed by atoms with van der Waals surface area (Å²) in [6.07, 6.45) is 4.39. The highest BCUT2D eigenvalue weighted by Crippen LogP contribution is 2.53. The highest BCUT2D eigenvalue weighted by atomic mass is 35.5. The van der Waals surface area contributed by atoms with Gasteiger partial charge in [0.1, 0.15) is 11.4 Å². The van der Waals surface area contributed by atoms with E-state index >= 15 is 0 Å². The Morgan fingerprint density at radius 2 is 2.05 bits per heavy atom. The fraction of sp³-hybridized carbons (Fsp3) is 0.556. The van der Waals surface area contributed by atoms with Gasteiger partial charge in [-0.1, -0.05) is 11.6 Å².